The zero-order valence-corrected chi connectivity index (χ0v) is 20.9. The van der Waals surface area contributed by atoms with Crippen LogP contribution in [-0.2, 0) is 6.54 Å². The molecule has 4 aromatic rings. The molecule has 0 spiro atoms. The van der Waals surface area contributed by atoms with Gasteiger partial charge in [0.05, 0.1) is 11.7 Å². The molecular weight excluding hydrogens is 462 g/mol. The molecule has 8 nitrogen and oxygen atoms in total. The van der Waals surface area contributed by atoms with E-state index >= 15 is 0 Å². The zero-order valence-electron chi connectivity index (χ0n) is 20.9. The Morgan fingerprint density at radius 3 is 2.67 bits per heavy atom. The molecule has 10 heteroatoms. The van der Waals surface area contributed by atoms with Gasteiger partial charge >= 0.3 is 0 Å². The fourth-order valence-electron chi connectivity index (χ4n) is 4.75. The van der Waals surface area contributed by atoms with Crippen molar-refractivity contribution in [3.63, 3.8) is 0 Å². The van der Waals surface area contributed by atoms with Gasteiger partial charge in [-0.25, -0.2) is 28.7 Å². The number of hydrogen-bond donors (Lipinski definition) is 2. The molecule has 0 aliphatic carbocycles. The lowest BCUT2D eigenvalue weighted by Gasteiger charge is -2.33. The third-order valence-electron chi connectivity index (χ3n) is 6.55. The zero-order chi connectivity index (χ0) is 25.4. The Bertz CT molecular complexity index is 1380. The van der Waals surface area contributed by atoms with Gasteiger partial charge in [-0.2, -0.15) is 0 Å². The molecule has 5 rings (SSSR count). The molecule has 1 aliphatic heterocycles. The van der Waals surface area contributed by atoms with Crippen LogP contribution in [0, 0.1) is 18.6 Å². The van der Waals surface area contributed by atoms with E-state index in [4.69, 9.17) is 0 Å². The number of fused-ring (bicyclic) bond motifs is 1. The second-order valence-electron chi connectivity index (χ2n) is 9.54. The fraction of sp³-hybridized carbons (Fsp3) is 0.385. The van der Waals surface area contributed by atoms with Gasteiger partial charge in [-0.3, -0.25) is 4.90 Å². The van der Waals surface area contributed by atoms with Crippen molar-refractivity contribution in [3.05, 3.63) is 59.7 Å². The van der Waals surface area contributed by atoms with Crippen LogP contribution in [-0.4, -0.2) is 55.1 Å². The normalized spacial score (nSPS) is 16.7. The first-order valence-corrected chi connectivity index (χ1v) is 12.2. The first-order chi connectivity index (χ1) is 17.3. The molecule has 0 bridgehead atoms. The van der Waals surface area contributed by atoms with Crippen molar-refractivity contribution in [3.8, 4) is 11.3 Å². The highest BCUT2D eigenvalue weighted by Crippen LogP contribution is 2.30. The quantitative estimate of drug-likeness (QED) is 0.407. The van der Waals surface area contributed by atoms with Gasteiger partial charge in [-0.05, 0) is 51.5 Å². The van der Waals surface area contributed by atoms with Gasteiger partial charge in [0.2, 0.25) is 5.95 Å². The molecule has 0 unspecified atom stereocenters. The van der Waals surface area contributed by atoms with E-state index in [1.807, 2.05) is 43.7 Å². The van der Waals surface area contributed by atoms with E-state index < -0.39 is 11.6 Å². The number of nitrogens with zero attached hydrogens (tertiary/aromatic N) is 6. The van der Waals surface area contributed by atoms with E-state index in [-0.39, 0.29) is 23.2 Å². The van der Waals surface area contributed by atoms with Gasteiger partial charge < -0.3 is 15.2 Å². The second kappa shape index (κ2) is 9.87. The van der Waals surface area contributed by atoms with Crippen molar-refractivity contribution >= 4 is 22.8 Å². The molecule has 1 aliphatic rings. The maximum atomic E-state index is 14.9. The maximum absolute atomic E-state index is 14.9. The summed E-state index contributed by atoms with van der Waals surface area (Å²) in [5, 5.41) is 6.43. The molecular formula is C26H30F2N8. The van der Waals surface area contributed by atoms with E-state index in [1.165, 1.54) is 6.07 Å². The topological polar surface area (TPSA) is 83.8 Å². The molecule has 188 valence electrons. The number of rotatable bonds is 6. The fourth-order valence-corrected chi connectivity index (χ4v) is 4.75. The standard InChI is InChI=1S/C26H30F2N8/c1-15(2)36-17(4)32-25-20(27)9-19(10-22(25)36)24-21(28)13-31-26(34-24)33-23-6-5-18(12-30-23)14-35-8-7-29-11-16(35)3/h5-6,9-10,12-13,15-16,29H,7-8,11,14H2,1-4H3,(H,30,31,33,34)/t16-/m1/s1. The van der Waals surface area contributed by atoms with E-state index in [0.29, 0.717) is 28.8 Å². The highest BCUT2D eigenvalue weighted by Gasteiger charge is 2.19. The Hall–Kier alpha value is -3.50. The first kappa shape index (κ1) is 24.2. The van der Waals surface area contributed by atoms with Gasteiger partial charge in [0.25, 0.3) is 0 Å². The molecule has 0 saturated carbocycles. The van der Waals surface area contributed by atoms with Gasteiger partial charge in [0.15, 0.2) is 11.6 Å². The number of aromatic nitrogens is 5. The van der Waals surface area contributed by atoms with Crippen LogP contribution in [0.15, 0.2) is 36.7 Å². The van der Waals surface area contributed by atoms with Crippen LogP contribution in [0.25, 0.3) is 22.3 Å². The van der Waals surface area contributed by atoms with Gasteiger partial charge in [0, 0.05) is 50.0 Å². The lowest BCUT2D eigenvalue weighted by atomic mass is 10.1. The summed E-state index contributed by atoms with van der Waals surface area (Å²) in [7, 11) is 0. The molecule has 0 radical (unpaired) electrons. The van der Waals surface area contributed by atoms with Crippen molar-refractivity contribution in [1.29, 1.82) is 0 Å². The number of nitrogens with one attached hydrogen (secondary N) is 2. The number of aryl methyl sites for hydroxylation is 1. The number of halogens is 2. The maximum Gasteiger partial charge on any atom is 0.229 e. The Labute approximate surface area is 208 Å². The minimum absolute atomic E-state index is 0.00627. The highest BCUT2D eigenvalue weighted by atomic mass is 19.1. The Morgan fingerprint density at radius 2 is 1.94 bits per heavy atom. The Balaban J connectivity index is 1.39. The van der Waals surface area contributed by atoms with Crippen LogP contribution in [0.2, 0.25) is 0 Å². The van der Waals surface area contributed by atoms with Crippen molar-refractivity contribution in [2.75, 3.05) is 25.0 Å². The molecule has 1 fully saturated rings. The van der Waals surface area contributed by atoms with E-state index in [1.54, 1.807) is 6.07 Å². The smallest absolute Gasteiger partial charge is 0.229 e. The molecule has 2 N–H and O–H groups in total. The molecule has 0 amide bonds. The lowest BCUT2D eigenvalue weighted by Crippen LogP contribution is -2.49. The van der Waals surface area contributed by atoms with Crippen LogP contribution in [0.1, 0.15) is 38.2 Å². The SMILES string of the molecule is Cc1nc2c(F)cc(-c3nc(Nc4ccc(CN5CCNC[C@H]5C)cn4)ncc3F)cc2n1C(C)C. The number of piperazine rings is 1. The van der Waals surface area contributed by atoms with Crippen LogP contribution >= 0.6 is 0 Å². The van der Waals surface area contributed by atoms with Crippen LogP contribution in [0.3, 0.4) is 0 Å². The molecule has 3 aromatic heterocycles. The van der Waals surface area contributed by atoms with Crippen molar-refractivity contribution < 1.29 is 8.78 Å². The molecule has 1 atom stereocenters. The van der Waals surface area contributed by atoms with Gasteiger partial charge in [0.1, 0.15) is 22.9 Å². The summed E-state index contributed by atoms with van der Waals surface area (Å²) >= 11 is 0. The molecule has 1 aromatic carbocycles. The van der Waals surface area contributed by atoms with Crippen LogP contribution in [0.5, 0.6) is 0 Å². The number of anilines is 2. The van der Waals surface area contributed by atoms with Crippen molar-refractivity contribution in [1.82, 2.24) is 34.7 Å². The van der Waals surface area contributed by atoms with Crippen LogP contribution < -0.4 is 10.6 Å². The average molecular weight is 493 g/mol. The summed E-state index contributed by atoms with van der Waals surface area (Å²) < 4.78 is 31.6. The summed E-state index contributed by atoms with van der Waals surface area (Å²) in [5.74, 6) is 0.257. The number of pyridine rings is 1. The second-order valence-corrected chi connectivity index (χ2v) is 9.54. The molecule has 4 heterocycles. The number of imidazole rings is 1. The third kappa shape index (κ3) is 4.78. The predicted octanol–water partition coefficient (Wildman–Crippen LogP) is 4.59. The summed E-state index contributed by atoms with van der Waals surface area (Å²) in [6.45, 7) is 11.8. The highest BCUT2D eigenvalue weighted by molar-refractivity contribution is 5.83. The van der Waals surface area contributed by atoms with E-state index in [9.17, 15) is 8.78 Å². The lowest BCUT2D eigenvalue weighted by molar-refractivity contribution is 0.165. The molecule has 36 heavy (non-hydrogen) atoms. The third-order valence-corrected chi connectivity index (χ3v) is 6.55. The summed E-state index contributed by atoms with van der Waals surface area (Å²) in [5.41, 5.74) is 2.29. The predicted molar refractivity (Wildman–Crippen MR) is 136 cm³/mol. The number of hydrogen-bond acceptors (Lipinski definition) is 7. The van der Waals surface area contributed by atoms with Gasteiger partial charge in [-0.15, -0.1) is 0 Å². The van der Waals surface area contributed by atoms with Crippen molar-refractivity contribution in [2.45, 2.75) is 46.3 Å². The minimum atomic E-state index is -0.639. The Morgan fingerprint density at radius 1 is 1.11 bits per heavy atom. The van der Waals surface area contributed by atoms with Gasteiger partial charge in [-0.1, -0.05) is 6.07 Å². The van der Waals surface area contributed by atoms with Crippen molar-refractivity contribution in [2.24, 2.45) is 0 Å². The van der Waals surface area contributed by atoms with Crippen LogP contribution in [0.4, 0.5) is 20.5 Å². The monoisotopic (exact) mass is 492 g/mol. The molecule has 1 saturated heterocycles. The summed E-state index contributed by atoms with van der Waals surface area (Å²) in [4.78, 5) is 19.6. The Kier molecular flexibility index (Phi) is 6.63. The average Bonchev–Trinajstić information content (AvgIpc) is 3.19. The summed E-state index contributed by atoms with van der Waals surface area (Å²) in [6, 6.07) is 7.38. The first-order valence-electron chi connectivity index (χ1n) is 12.2. The largest absolute Gasteiger partial charge is 0.326 e. The van der Waals surface area contributed by atoms with E-state index in [0.717, 1.165) is 37.9 Å². The minimum Gasteiger partial charge on any atom is -0.326 e. The van der Waals surface area contributed by atoms with E-state index in [2.05, 4.69) is 42.4 Å². The summed E-state index contributed by atoms with van der Waals surface area (Å²) in [6.07, 6.45) is 2.90. The number of benzene rings is 1.